The highest BCUT2D eigenvalue weighted by molar-refractivity contribution is 9.09. The molecule has 6 heteroatoms. The summed E-state index contributed by atoms with van der Waals surface area (Å²) in [6.07, 6.45) is 11.5. The standard InChI is InChI=1S/C17H18BrNO2S.C7H9N/c1-13-6-8-15(9-7-13)22(20,21)19-11-10-14-4-2-3-5-16(14)17(18)12-19;8-7-5-3-1-2-4-6-7/h2-9,17H,10-12H2,1H3;1-5H,6,8H2. The van der Waals surface area contributed by atoms with E-state index in [4.69, 9.17) is 5.73 Å². The number of halogens is 1. The van der Waals surface area contributed by atoms with Gasteiger partial charge in [0, 0.05) is 25.2 Å². The number of benzene rings is 2. The Balaban J connectivity index is 0.000000269. The van der Waals surface area contributed by atoms with E-state index >= 15 is 0 Å². The third-order valence-corrected chi connectivity index (χ3v) is 7.73. The molecule has 0 saturated carbocycles. The molecule has 2 aromatic rings. The second kappa shape index (κ2) is 10.2. The van der Waals surface area contributed by atoms with Crippen molar-refractivity contribution in [3.63, 3.8) is 0 Å². The third-order valence-electron chi connectivity index (χ3n) is 5.07. The Labute approximate surface area is 188 Å². The van der Waals surface area contributed by atoms with Gasteiger partial charge in [-0.3, -0.25) is 0 Å². The van der Waals surface area contributed by atoms with E-state index in [0.717, 1.165) is 24.1 Å². The van der Waals surface area contributed by atoms with Crippen LogP contribution in [-0.2, 0) is 16.4 Å². The molecule has 2 N–H and O–H groups in total. The van der Waals surface area contributed by atoms with E-state index in [0.29, 0.717) is 18.0 Å². The van der Waals surface area contributed by atoms with Gasteiger partial charge >= 0.3 is 0 Å². The largest absolute Gasteiger partial charge is 0.402 e. The fourth-order valence-corrected chi connectivity index (χ4v) is 5.80. The van der Waals surface area contributed by atoms with Crippen LogP contribution in [0.1, 0.15) is 27.9 Å². The molecule has 0 aromatic heterocycles. The molecule has 0 fully saturated rings. The summed E-state index contributed by atoms with van der Waals surface area (Å²) in [5.41, 5.74) is 9.87. The van der Waals surface area contributed by atoms with Gasteiger partial charge in [-0.1, -0.05) is 82.2 Å². The lowest BCUT2D eigenvalue weighted by atomic mass is 10.0. The van der Waals surface area contributed by atoms with E-state index in [-0.39, 0.29) is 4.83 Å². The lowest BCUT2D eigenvalue weighted by Crippen LogP contribution is -2.33. The van der Waals surface area contributed by atoms with Gasteiger partial charge in [-0.05, 0) is 42.7 Å². The van der Waals surface area contributed by atoms with Crippen molar-refractivity contribution in [3.05, 3.63) is 101 Å². The zero-order chi connectivity index (χ0) is 21.6. The molecule has 30 heavy (non-hydrogen) atoms. The van der Waals surface area contributed by atoms with Crippen molar-refractivity contribution in [2.24, 2.45) is 5.73 Å². The molecule has 1 aliphatic carbocycles. The van der Waals surface area contributed by atoms with Gasteiger partial charge in [0.1, 0.15) is 0 Å². The molecule has 0 amide bonds. The van der Waals surface area contributed by atoms with Gasteiger partial charge in [0.25, 0.3) is 0 Å². The molecule has 1 aliphatic heterocycles. The first-order valence-electron chi connectivity index (χ1n) is 9.94. The summed E-state index contributed by atoms with van der Waals surface area (Å²) >= 11 is 3.65. The Morgan fingerprint density at radius 3 is 2.53 bits per heavy atom. The fraction of sp³-hybridized carbons (Fsp3) is 0.250. The van der Waals surface area contributed by atoms with E-state index in [1.54, 1.807) is 16.4 Å². The number of nitrogens with zero attached hydrogens (tertiary/aromatic N) is 1. The molecule has 1 atom stereocenters. The van der Waals surface area contributed by atoms with Crippen LogP contribution in [0, 0.1) is 6.92 Å². The predicted octanol–water partition coefficient (Wildman–Crippen LogP) is 5.02. The molecule has 2 aromatic carbocycles. The van der Waals surface area contributed by atoms with Gasteiger partial charge < -0.3 is 5.73 Å². The molecule has 158 valence electrons. The summed E-state index contributed by atoms with van der Waals surface area (Å²) in [6, 6.07) is 15.2. The average Bonchev–Trinajstić information content (AvgIpc) is 3.08. The molecular weight excluding hydrogens is 460 g/mol. The number of nitrogens with two attached hydrogens (primary N) is 1. The second-order valence-corrected chi connectivity index (χ2v) is 10.4. The van der Waals surface area contributed by atoms with E-state index in [2.05, 4.69) is 28.1 Å². The predicted molar refractivity (Wildman–Crippen MR) is 127 cm³/mol. The highest BCUT2D eigenvalue weighted by Crippen LogP contribution is 2.32. The minimum absolute atomic E-state index is 0.0198. The third kappa shape index (κ3) is 5.72. The van der Waals surface area contributed by atoms with Gasteiger partial charge in [-0.25, -0.2) is 8.42 Å². The SMILES string of the molecule is Cc1ccc(S(=O)(=O)N2CCc3ccccc3C(Br)C2)cc1.NC1=CC=CC=CC1. The average molecular weight is 487 g/mol. The molecule has 1 heterocycles. The number of aryl methyl sites for hydroxylation is 1. The van der Waals surface area contributed by atoms with Crippen molar-refractivity contribution in [1.29, 1.82) is 0 Å². The highest BCUT2D eigenvalue weighted by Gasteiger charge is 2.29. The molecule has 0 radical (unpaired) electrons. The molecule has 0 saturated heterocycles. The molecular formula is C24H27BrN2O2S. The molecule has 4 nitrogen and oxygen atoms in total. The van der Waals surface area contributed by atoms with Crippen LogP contribution in [0.5, 0.6) is 0 Å². The summed E-state index contributed by atoms with van der Waals surface area (Å²) in [7, 11) is -3.45. The maximum atomic E-state index is 12.9. The molecule has 2 aliphatic rings. The number of hydrogen-bond acceptors (Lipinski definition) is 3. The Morgan fingerprint density at radius 1 is 1.03 bits per heavy atom. The summed E-state index contributed by atoms with van der Waals surface area (Å²) in [6.45, 7) is 2.91. The Bertz CT molecular complexity index is 1060. The molecule has 4 rings (SSSR count). The first-order chi connectivity index (χ1) is 14.4. The van der Waals surface area contributed by atoms with Crippen molar-refractivity contribution in [3.8, 4) is 0 Å². The number of allylic oxidation sites excluding steroid dienone is 5. The number of alkyl halides is 1. The Hall–Kier alpha value is -2.15. The Morgan fingerprint density at radius 2 is 1.77 bits per heavy atom. The van der Waals surface area contributed by atoms with Crippen LogP contribution in [0.4, 0.5) is 0 Å². The van der Waals surface area contributed by atoms with E-state index in [1.807, 2.05) is 61.6 Å². The van der Waals surface area contributed by atoms with Crippen LogP contribution in [0.25, 0.3) is 0 Å². The van der Waals surface area contributed by atoms with Crippen molar-refractivity contribution >= 4 is 26.0 Å². The van der Waals surface area contributed by atoms with Crippen LogP contribution in [0.2, 0.25) is 0 Å². The van der Waals surface area contributed by atoms with Crippen LogP contribution >= 0.6 is 15.9 Å². The maximum absolute atomic E-state index is 12.9. The summed E-state index contributed by atoms with van der Waals surface area (Å²) in [5, 5.41) is 0. The molecule has 0 spiro atoms. The second-order valence-electron chi connectivity index (χ2n) is 7.35. The zero-order valence-electron chi connectivity index (χ0n) is 17.0. The molecule has 1 unspecified atom stereocenters. The van der Waals surface area contributed by atoms with Crippen molar-refractivity contribution in [2.75, 3.05) is 13.1 Å². The van der Waals surface area contributed by atoms with Crippen LogP contribution in [0.3, 0.4) is 0 Å². The summed E-state index contributed by atoms with van der Waals surface area (Å²) in [5.74, 6) is 0. The lowest BCUT2D eigenvalue weighted by molar-refractivity contribution is 0.425. The van der Waals surface area contributed by atoms with Gasteiger partial charge in [0.15, 0.2) is 0 Å². The van der Waals surface area contributed by atoms with Crippen LogP contribution in [-0.4, -0.2) is 25.8 Å². The van der Waals surface area contributed by atoms with Gasteiger partial charge in [0.05, 0.1) is 9.72 Å². The monoisotopic (exact) mass is 486 g/mol. The van der Waals surface area contributed by atoms with Gasteiger partial charge in [0.2, 0.25) is 10.0 Å². The smallest absolute Gasteiger partial charge is 0.243 e. The van der Waals surface area contributed by atoms with E-state index in [9.17, 15) is 8.42 Å². The van der Waals surface area contributed by atoms with Gasteiger partial charge in [-0.15, -0.1) is 0 Å². The van der Waals surface area contributed by atoms with Gasteiger partial charge in [-0.2, -0.15) is 4.31 Å². The Kier molecular flexibility index (Phi) is 7.69. The van der Waals surface area contributed by atoms with E-state index < -0.39 is 10.0 Å². The van der Waals surface area contributed by atoms with Crippen molar-refractivity contribution in [2.45, 2.75) is 29.5 Å². The molecule has 0 bridgehead atoms. The summed E-state index contributed by atoms with van der Waals surface area (Å²) in [4.78, 5) is 0.384. The maximum Gasteiger partial charge on any atom is 0.243 e. The number of sulfonamides is 1. The topological polar surface area (TPSA) is 63.4 Å². The van der Waals surface area contributed by atoms with Crippen molar-refractivity contribution in [1.82, 2.24) is 4.31 Å². The normalized spacial score (nSPS) is 19.0. The zero-order valence-corrected chi connectivity index (χ0v) is 19.4. The lowest BCUT2D eigenvalue weighted by Gasteiger charge is -2.22. The number of rotatable bonds is 2. The highest BCUT2D eigenvalue weighted by atomic mass is 79.9. The van der Waals surface area contributed by atoms with Crippen LogP contribution in [0.15, 0.2) is 89.5 Å². The first kappa shape index (κ1) is 22.5. The van der Waals surface area contributed by atoms with Crippen molar-refractivity contribution < 1.29 is 8.42 Å². The minimum atomic E-state index is -3.45. The first-order valence-corrected chi connectivity index (χ1v) is 12.3. The van der Waals surface area contributed by atoms with Crippen LogP contribution < -0.4 is 5.73 Å². The number of hydrogen-bond donors (Lipinski definition) is 1. The minimum Gasteiger partial charge on any atom is -0.402 e. The van der Waals surface area contributed by atoms with E-state index in [1.165, 1.54) is 11.1 Å². The quantitative estimate of drug-likeness (QED) is 0.605. The summed E-state index contributed by atoms with van der Waals surface area (Å²) < 4.78 is 27.3. The fourth-order valence-electron chi connectivity index (χ4n) is 3.35. The number of fused-ring (bicyclic) bond motifs is 1.